The van der Waals surface area contributed by atoms with Crippen molar-refractivity contribution in [2.75, 3.05) is 13.2 Å². The van der Waals surface area contributed by atoms with Crippen LogP contribution in [0.2, 0.25) is 0 Å². The first-order valence-electron chi connectivity index (χ1n) is 6.59. The zero-order chi connectivity index (χ0) is 23.7. The van der Waals surface area contributed by atoms with Gasteiger partial charge < -0.3 is 9.47 Å². The fourth-order valence-corrected chi connectivity index (χ4v) is 1.34. The molecule has 0 rings (SSSR count). The van der Waals surface area contributed by atoms with Gasteiger partial charge in [0, 0.05) is 0 Å². The van der Waals surface area contributed by atoms with Gasteiger partial charge in [0.15, 0.2) is 6.61 Å². The van der Waals surface area contributed by atoms with Crippen LogP contribution in [-0.4, -0.2) is 61.6 Å². The van der Waals surface area contributed by atoms with Crippen LogP contribution in [0.3, 0.4) is 0 Å². The highest BCUT2D eigenvalue weighted by Crippen LogP contribution is 2.54. The molecule has 0 aromatic rings. The maximum atomic E-state index is 13.0. The van der Waals surface area contributed by atoms with Crippen molar-refractivity contribution in [3.8, 4) is 0 Å². The molecule has 18 heteroatoms. The van der Waals surface area contributed by atoms with Gasteiger partial charge in [0.1, 0.15) is 6.61 Å². The predicted molar refractivity (Wildman–Crippen MR) is 58.7 cm³/mol. The molecule has 0 heterocycles. The molecule has 0 saturated heterocycles. The van der Waals surface area contributed by atoms with E-state index in [1.807, 2.05) is 0 Å². The Hall–Kier alpha value is -1.78. The van der Waals surface area contributed by atoms with E-state index in [1.165, 1.54) is 0 Å². The Labute approximate surface area is 149 Å². The quantitative estimate of drug-likeness (QED) is 0.344. The Morgan fingerprint density at radius 1 is 0.724 bits per heavy atom. The molecule has 0 bridgehead atoms. The maximum absolute atomic E-state index is 13.0. The molecule has 174 valence electrons. The standard InChI is InChI=1S/C11H7F15O3/c12-4(8(17,18)19)6(13,14)3-29-5(27)28-2-1-7(15,16)9(20,21)10(22,23)11(24,25)26/h4H,1-3H2/t4-/m1/s1. The lowest BCUT2D eigenvalue weighted by atomic mass is 10.0. The number of halogens is 15. The molecule has 0 aliphatic heterocycles. The van der Waals surface area contributed by atoms with Crippen LogP contribution in [0.4, 0.5) is 70.7 Å². The normalized spacial score (nSPS) is 15.8. The average molecular weight is 472 g/mol. The molecule has 0 unspecified atom stereocenters. The third-order valence-corrected chi connectivity index (χ3v) is 2.89. The summed E-state index contributed by atoms with van der Waals surface area (Å²) in [5.41, 5.74) is 0. The smallest absolute Gasteiger partial charge is 0.434 e. The average Bonchev–Trinajstić information content (AvgIpc) is 2.49. The molecule has 0 fully saturated rings. The Balaban J connectivity index is 4.85. The molecular formula is C11H7F15O3. The van der Waals surface area contributed by atoms with Gasteiger partial charge in [-0.3, -0.25) is 0 Å². The number of hydrogen-bond donors (Lipinski definition) is 0. The summed E-state index contributed by atoms with van der Waals surface area (Å²) in [6, 6.07) is 0. The van der Waals surface area contributed by atoms with Crippen LogP contribution in [0, 0.1) is 0 Å². The van der Waals surface area contributed by atoms with Crippen LogP contribution in [0.5, 0.6) is 0 Å². The SMILES string of the molecule is O=C(OCCC(F)(F)C(F)(F)C(F)(F)C(F)(F)F)OCC(F)(F)[C@@H](F)C(F)(F)F. The van der Waals surface area contributed by atoms with E-state index in [1.54, 1.807) is 0 Å². The molecule has 0 aromatic carbocycles. The lowest BCUT2D eigenvalue weighted by molar-refractivity contribution is -0.397. The summed E-state index contributed by atoms with van der Waals surface area (Å²) in [5, 5.41) is 0. The van der Waals surface area contributed by atoms with Crippen molar-refractivity contribution in [3.63, 3.8) is 0 Å². The second-order valence-corrected chi connectivity index (χ2v) is 5.15. The summed E-state index contributed by atoms with van der Waals surface area (Å²) in [6.45, 7) is -4.77. The fourth-order valence-electron chi connectivity index (χ4n) is 1.34. The van der Waals surface area contributed by atoms with E-state index in [4.69, 9.17) is 0 Å². The number of rotatable bonds is 8. The van der Waals surface area contributed by atoms with Crippen molar-refractivity contribution >= 4 is 6.16 Å². The van der Waals surface area contributed by atoms with Crippen LogP contribution < -0.4 is 0 Å². The van der Waals surface area contributed by atoms with Crippen LogP contribution in [0.1, 0.15) is 6.42 Å². The summed E-state index contributed by atoms with van der Waals surface area (Å²) in [7, 11) is 0. The first kappa shape index (κ1) is 27.2. The Morgan fingerprint density at radius 2 is 1.17 bits per heavy atom. The number of hydrogen-bond acceptors (Lipinski definition) is 3. The molecule has 0 aliphatic rings. The van der Waals surface area contributed by atoms with Gasteiger partial charge in [-0.1, -0.05) is 0 Å². The maximum Gasteiger partial charge on any atom is 0.508 e. The molecule has 0 spiro atoms. The van der Waals surface area contributed by atoms with E-state index in [0.717, 1.165) is 0 Å². The van der Waals surface area contributed by atoms with Crippen molar-refractivity contribution in [1.82, 2.24) is 0 Å². The second kappa shape index (κ2) is 8.16. The van der Waals surface area contributed by atoms with E-state index in [-0.39, 0.29) is 0 Å². The van der Waals surface area contributed by atoms with E-state index < -0.39 is 68.0 Å². The van der Waals surface area contributed by atoms with Gasteiger partial charge >= 0.3 is 42.2 Å². The third kappa shape index (κ3) is 6.10. The molecule has 3 nitrogen and oxygen atoms in total. The molecule has 0 amide bonds. The minimum atomic E-state index is -7.22. The summed E-state index contributed by atoms with van der Waals surface area (Å²) in [4.78, 5) is 10.7. The Morgan fingerprint density at radius 3 is 1.55 bits per heavy atom. The van der Waals surface area contributed by atoms with E-state index in [2.05, 4.69) is 9.47 Å². The van der Waals surface area contributed by atoms with Gasteiger partial charge in [-0.25, -0.2) is 9.18 Å². The predicted octanol–water partition coefficient (Wildman–Crippen LogP) is 5.53. The minimum absolute atomic E-state index is 2.11. The summed E-state index contributed by atoms with van der Waals surface area (Å²) in [5.74, 6) is -25.8. The van der Waals surface area contributed by atoms with Crippen molar-refractivity contribution in [1.29, 1.82) is 0 Å². The van der Waals surface area contributed by atoms with Crippen molar-refractivity contribution in [2.24, 2.45) is 0 Å². The van der Waals surface area contributed by atoms with Crippen molar-refractivity contribution < 1.29 is 80.1 Å². The van der Waals surface area contributed by atoms with Gasteiger partial charge in [0.25, 0.3) is 6.17 Å². The lowest BCUT2D eigenvalue weighted by Crippen LogP contribution is -2.61. The van der Waals surface area contributed by atoms with Crippen LogP contribution in [-0.2, 0) is 9.47 Å². The lowest BCUT2D eigenvalue weighted by Gasteiger charge is -2.33. The van der Waals surface area contributed by atoms with Crippen LogP contribution in [0.25, 0.3) is 0 Å². The molecule has 0 aromatic heterocycles. The molecule has 0 aliphatic carbocycles. The van der Waals surface area contributed by atoms with Gasteiger partial charge in [0.05, 0.1) is 6.42 Å². The number of ether oxygens (including phenoxy) is 2. The van der Waals surface area contributed by atoms with Crippen LogP contribution >= 0.6 is 0 Å². The zero-order valence-electron chi connectivity index (χ0n) is 13.1. The molecule has 1 atom stereocenters. The highest BCUT2D eigenvalue weighted by molar-refractivity contribution is 5.59. The van der Waals surface area contributed by atoms with Crippen molar-refractivity contribution in [2.45, 2.75) is 48.6 Å². The summed E-state index contributed by atoms with van der Waals surface area (Å²) < 4.78 is 192. The first-order valence-corrected chi connectivity index (χ1v) is 6.59. The largest absolute Gasteiger partial charge is 0.508 e. The zero-order valence-corrected chi connectivity index (χ0v) is 13.1. The van der Waals surface area contributed by atoms with Gasteiger partial charge in [-0.2, -0.15) is 61.5 Å². The van der Waals surface area contributed by atoms with Gasteiger partial charge in [0.2, 0.25) is 0 Å². The van der Waals surface area contributed by atoms with Crippen molar-refractivity contribution in [3.05, 3.63) is 0 Å². The van der Waals surface area contributed by atoms with E-state index in [0.29, 0.717) is 0 Å². The van der Waals surface area contributed by atoms with E-state index >= 15 is 0 Å². The van der Waals surface area contributed by atoms with Crippen LogP contribution in [0.15, 0.2) is 0 Å². The molecule has 0 N–H and O–H groups in total. The first-order chi connectivity index (χ1) is 12.5. The molecular weight excluding hydrogens is 465 g/mol. The monoisotopic (exact) mass is 472 g/mol. The second-order valence-electron chi connectivity index (χ2n) is 5.15. The fraction of sp³-hybridized carbons (Fsp3) is 0.909. The Bertz CT molecular complexity index is 565. The minimum Gasteiger partial charge on any atom is -0.434 e. The topological polar surface area (TPSA) is 35.5 Å². The van der Waals surface area contributed by atoms with Gasteiger partial charge in [-0.05, 0) is 0 Å². The molecule has 0 saturated carbocycles. The van der Waals surface area contributed by atoms with Gasteiger partial charge in [-0.15, -0.1) is 0 Å². The van der Waals surface area contributed by atoms with E-state index in [9.17, 15) is 70.7 Å². The number of carbonyl (C=O) groups excluding carboxylic acids is 1. The highest BCUT2D eigenvalue weighted by Gasteiger charge is 2.81. The number of carbonyl (C=O) groups is 1. The third-order valence-electron chi connectivity index (χ3n) is 2.89. The molecule has 0 radical (unpaired) electrons. The number of alkyl halides is 15. The molecule has 29 heavy (non-hydrogen) atoms. The summed E-state index contributed by atoms with van der Waals surface area (Å²) in [6.07, 6.45) is -23.3. The Kier molecular flexibility index (Phi) is 7.66. The highest BCUT2D eigenvalue weighted by atomic mass is 19.4. The summed E-state index contributed by atoms with van der Waals surface area (Å²) >= 11 is 0.